The van der Waals surface area contributed by atoms with Gasteiger partial charge in [0.1, 0.15) is 26.9 Å². The molecule has 4 heterocycles. The number of aromatic nitrogens is 1. The average Bonchev–Trinajstić information content (AvgIpc) is 3.22. The molecule has 172 valence electrons. The minimum absolute atomic E-state index is 0.0554. The second-order valence-electron chi connectivity index (χ2n) is 7.87. The first-order valence-electron chi connectivity index (χ1n) is 10.3. The van der Waals surface area contributed by atoms with Crippen molar-refractivity contribution in [3.05, 3.63) is 59.2 Å². The first-order chi connectivity index (χ1) is 15.8. The Balaban J connectivity index is 1.34. The molecule has 1 aromatic heterocycles. The summed E-state index contributed by atoms with van der Waals surface area (Å²) in [5.74, 6) is 1.94. The normalized spacial score (nSPS) is 20.6. The standard InChI is InChI=1S/C22H21F2I2N7/c1-13-4-5-15-16(11-13)30-20(29-15)18-19(27)26-12-17(31-18)32-7-9-33(10-8-32)21-14(22(23,24)25)3-2-6-28-21/h2-6,11-12,27,29-30H,7-10H2,1H3. The lowest BCUT2D eigenvalue weighted by Crippen LogP contribution is -2.50. The van der Waals surface area contributed by atoms with Crippen LogP contribution in [0.5, 0.6) is 0 Å². The highest BCUT2D eigenvalue weighted by Crippen LogP contribution is 2.40. The van der Waals surface area contributed by atoms with Gasteiger partial charge < -0.3 is 20.4 Å². The highest BCUT2D eigenvalue weighted by molar-refractivity contribution is 14.2. The molecule has 5 rings (SSSR count). The summed E-state index contributed by atoms with van der Waals surface area (Å²) in [4.78, 5) is 13.1. The van der Waals surface area contributed by atoms with Crippen molar-refractivity contribution in [2.24, 2.45) is 4.99 Å². The molecule has 0 spiro atoms. The Kier molecular flexibility index (Phi) is 6.09. The molecule has 1 fully saturated rings. The zero-order valence-electron chi connectivity index (χ0n) is 17.7. The van der Waals surface area contributed by atoms with Crippen molar-refractivity contribution >= 4 is 74.1 Å². The van der Waals surface area contributed by atoms with Gasteiger partial charge in [-0.1, -0.05) is 26.8 Å². The zero-order valence-corrected chi connectivity index (χ0v) is 22.0. The van der Waals surface area contributed by atoms with Crippen molar-refractivity contribution < 1.29 is 8.78 Å². The molecule has 0 unspecified atom stereocenters. The smallest absolute Gasteiger partial charge is 0.325 e. The van der Waals surface area contributed by atoms with Gasteiger partial charge in [0.05, 0.1) is 16.9 Å². The molecular weight excluding hydrogens is 654 g/mol. The minimum Gasteiger partial charge on any atom is -0.353 e. The first kappa shape index (κ1) is 22.6. The van der Waals surface area contributed by atoms with E-state index in [0.29, 0.717) is 41.4 Å². The van der Waals surface area contributed by atoms with Gasteiger partial charge in [0.2, 0.25) is 0 Å². The third kappa shape index (κ3) is 4.61. The molecule has 3 N–H and O–H groups in total. The average molecular weight is 675 g/mol. The van der Waals surface area contributed by atoms with Crippen LogP contribution in [0.3, 0.4) is 0 Å². The zero-order chi connectivity index (χ0) is 23.2. The minimum atomic E-state index is -2.97. The van der Waals surface area contributed by atoms with Crippen LogP contribution in [0.2, 0.25) is 0 Å². The predicted octanol–water partition coefficient (Wildman–Crippen LogP) is 4.87. The van der Waals surface area contributed by atoms with Crippen molar-refractivity contribution in [1.82, 2.24) is 9.88 Å². The van der Waals surface area contributed by atoms with Gasteiger partial charge in [0, 0.05) is 59.0 Å². The van der Waals surface area contributed by atoms with Gasteiger partial charge in [0.15, 0.2) is 0 Å². The van der Waals surface area contributed by atoms with Gasteiger partial charge >= 0.3 is 3.93 Å². The SMILES string of the molecule is Cc1ccc2c(c1)NC(=C1N=C(N3CCN(c4ncccc4C(F)(F)I)CC3)C=IC1=N)N2. The maximum atomic E-state index is 14.0. The number of fused-ring (bicyclic) bond motifs is 1. The van der Waals surface area contributed by atoms with E-state index < -0.39 is 24.7 Å². The summed E-state index contributed by atoms with van der Waals surface area (Å²) < 4.78 is 27.7. The summed E-state index contributed by atoms with van der Waals surface area (Å²) in [5, 5.41) is 15.2. The quantitative estimate of drug-likeness (QED) is 0.313. The number of nitrogens with zero attached hydrogens (tertiary/aromatic N) is 4. The van der Waals surface area contributed by atoms with Crippen molar-refractivity contribution in [2.45, 2.75) is 10.9 Å². The van der Waals surface area contributed by atoms with E-state index in [-0.39, 0.29) is 5.56 Å². The van der Waals surface area contributed by atoms with Gasteiger partial charge in [-0.3, -0.25) is 5.41 Å². The van der Waals surface area contributed by atoms with Crippen LogP contribution in [-0.2, 0) is 3.93 Å². The third-order valence-corrected chi connectivity index (χ3v) is 8.21. The maximum Gasteiger partial charge on any atom is 0.325 e. The van der Waals surface area contributed by atoms with E-state index in [2.05, 4.69) is 30.6 Å². The fourth-order valence-electron chi connectivity index (χ4n) is 3.96. The molecule has 11 heteroatoms. The number of aliphatic imine (C=N–C) groups is 1. The maximum absolute atomic E-state index is 14.0. The fourth-order valence-corrected chi connectivity index (χ4v) is 6.18. The van der Waals surface area contributed by atoms with E-state index in [0.717, 1.165) is 51.2 Å². The molecule has 33 heavy (non-hydrogen) atoms. The molecule has 3 aliphatic rings. The number of piperazine rings is 1. The summed E-state index contributed by atoms with van der Waals surface area (Å²) in [6.07, 6.45) is 1.56. The summed E-state index contributed by atoms with van der Waals surface area (Å²) in [7, 11) is 0. The molecule has 0 amide bonds. The lowest BCUT2D eigenvalue weighted by molar-refractivity contribution is 0.127. The molecule has 2 aromatic rings. The van der Waals surface area contributed by atoms with E-state index in [1.807, 2.05) is 24.0 Å². The lowest BCUT2D eigenvalue weighted by Gasteiger charge is -2.37. The molecule has 0 saturated carbocycles. The van der Waals surface area contributed by atoms with Crippen molar-refractivity contribution in [1.29, 1.82) is 5.41 Å². The van der Waals surface area contributed by atoms with Crippen LogP contribution in [0.4, 0.5) is 26.0 Å². The monoisotopic (exact) mass is 675 g/mol. The van der Waals surface area contributed by atoms with Crippen LogP contribution in [0.15, 0.2) is 53.0 Å². The third-order valence-electron chi connectivity index (χ3n) is 5.62. The molecule has 3 aliphatic heterocycles. The van der Waals surface area contributed by atoms with Gasteiger partial charge in [-0.2, -0.15) is 8.78 Å². The Hall–Kier alpha value is -2.16. The van der Waals surface area contributed by atoms with E-state index in [1.165, 1.54) is 6.07 Å². The molecular formula is C22H21F2I2N7. The molecule has 7 nitrogen and oxygen atoms in total. The number of allylic oxidation sites excluding steroid dienone is 1. The topological polar surface area (TPSA) is 79.6 Å². The molecule has 0 radical (unpaired) electrons. The van der Waals surface area contributed by atoms with Crippen LogP contribution >= 0.6 is 43.3 Å². The number of pyridine rings is 1. The number of hydrogen-bond donors (Lipinski definition) is 3. The molecule has 0 aliphatic carbocycles. The number of nitrogens with one attached hydrogen (secondary N) is 3. The van der Waals surface area contributed by atoms with Crippen LogP contribution in [0, 0.1) is 12.3 Å². The number of benzene rings is 1. The van der Waals surface area contributed by atoms with Crippen molar-refractivity contribution in [3.8, 4) is 0 Å². The number of hydrogen-bond acceptors (Lipinski definition) is 7. The van der Waals surface area contributed by atoms with E-state index in [4.69, 9.17) is 10.4 Å². The number of anilines is 3. The Bertz CT molecular complexity index is 1210. The Morgan fingerprint density at radius 1 is 1.09 bits per heavy atom. The Morgan fingerprint density at radius 2 is 1.82 bits per heavy atom. The van der Waals surface area contributed by atoms with Gasteiger partial charge in [-0.15, -0.1) is 0 Å². The number of alkyl halides is 3. The molecule has 1 saturated heterocycles. The van der Waals surface area contributed by atoms with E-state index in [1.54, 1.807) is 12.3 Å². The number of rotatable bonds is 2. The van der Waals surface area contributed by atoms with E-state index >= 15 is 0 Å². The van der Waals surface area contributed by atoms with Crippen molar-refractivity contribution in [2.75, 3.05) is 41.7 Å². The lowest BCUT2D eigenvalue weighted by atomic mass is 10.2. The van der Waals surface area contributed by atoms with E-state index in [9.17, 15) is 8.78 Å². The second-order valence-corrected chi connectivity index (χ2v) is 11.6. The summed E-state index contributed by atoms with van der Waals surface area (Å²) in [6.45, 7) is 4.50. The summed E-state index contributed by atoms with van der Waals surface area (Å²) >= 11 is 0.548. The van der Waals surface area contributed by atoms with Gasteiger partial charge in [-0.05, 0) is 36.8 Å². The Labute approximate surface area is 213 Å². The predicted molar refractivity (Wildman–Crippen MR) is 147 cm³/mol. The van der Waals surface area contributed by atoms with Crippen LogP contribution in [0.25, 0.3) is 0 Å². The highest BCUT2D eigenvalue weighted by Gasteiger charge is 2.34. The van der Waals surface area contributed by atoms with Crippen molar-refractivity contribution in [3.63, 3.8) is 0 Å². The second kappa shape index (κ2) is 8.89. The number of aryl methyl sites for hydroxylation is 1. The van der Waals surface area contributed by atoms with Gasteiger partial charge in [0.25, 0.3) is 0 Å². The van der Waals surface area contributed by atoms with Crippen LogP contribution < -0.4 is 15.5 Å². The summed E-state index contributed by atoms with van der Waals surface area (Å²) in [6, 6.07) is 9.12. The van der Waals surface area contributed by atoms with Crippen LogP contribution in [-0.4, -0.2) is 49.6 Å². The number of halogens is 4. The Morgan fingerprint density at radius 3 is 2.58 bits per heavy atom. The summed E-state index contributed by atoms with van der Waals surface area (Å²) in [5.41, 5.74) is 3.72. The highest BCUT2D eigenvalue weighted by atomic mass is 127. The molecule has 1 aromatic carbocycles. The molecule has 0 atom stereocenters. The van der Waals surface area contributed by atoms with Crippen LogP contribution in [0.1, 0.15) is 11.1 Å². The van der Waals surface area contributed by atoms with Gasteiger partial charge in [-0.25, -0.2) is 9.98 Å². The first-order valence-corrected chi connectivity index (χ1v) is 13.8. The fraction of sp³-hybridized carbons (Fsp3) is 0.273. The largest absolute Gasteiger partial charge is 0.353 e. The number of amidine groups is 1. The molecule has 0 bridgehead atoms.